The Morgan fingerprint density at radius 3 is 2.68 bits per heavy atom. The number of carbonyl (C=O) groups excluding carboxylic acids is 2. The minimum absolute atomic E-state index is 0.274. The lowest BCUT2D eigenvalue weighted by Gasteiger charge is -2.14. The third-order valence-electron chi connectivity index (χ3n) is 3.69. The molecule has 1 atom stereocenters. The standard InChI is InChI=1S/C17H15BrN2O5/c1-23-12-7-6-11-13(14(12)24-2)17(22)25-16(11)20-19-15(21)9-4-3-5-10(18)8-9/h3-8,16,20H,1-2H3,(H,19,21)/t16-/m1/s1. The van der Waals surface area contributed by atoms with Gasteiger partial charge >= 0.3 is 5.97 Å². The van der Waals surface area contributed by atoms with Crippen molar-refractivity contribution in [3.8, 4) is 11.5 Å². The average molecular weight is 407 g/mol. The Balaban J connectivity index is 1.78. The number of nitrogens with one attached hydrogen (secondary N) is 2. The number of amides is 1. The van der Waals surface area contributed by atoms with Gasteiger partial charge < -0.3 is 14.2 Å². The van der Waals surface area contributed by atoms with Crippen LogP contribution in [0.1, 0.15) is 32.5 Å². The number of hydrogen-bond donors (Lipinski definition) is 2. The number of methoxy groups -OCH3 is 2. The predicted molar refractivity (Wildman–Crippen MR) is 92.4 cm³/mol. The Labute approximate surface area is 152 Å². The van der Waals surface area contributed by atoms with Crippen LogP contribution in [0.4, 0.5) is 0 Å². The molecular weight excluding hydrogens is 392 g/mol. The number of halogens is 1. The van der Waals surface area contributed by atoms with Gasteiger partial charge in [0.25, 0.3) is 5.91 Å². The van der Waals surface area contributed by atoms with Crippen molar-refractivity contribution in [2.24, 2.45) is 0 Å². The molecular formula is C17H15BrN2O5. The molecule has 7 nitrogen and oxygen atoms in total. The van der Waals surface area contributed by atoms with Crippen LogP contribution in [0.5, 0.6) is 11.5 Å². The van der Waals surface area contributed by atoms with Crippen molar-refractivity contribution < 1.29 is 23.8 Å². The summed E-state index contributed by atoms with van der Waals surface area (Å²) in [5.41, 5.74) is 6.54. The van der Waals surface area contributed by atoms with Crippen LogP contribution in [0.2, 0.25) is 0 Å². The Morgan fingerprint density at radius 2 is 2.00 bits per heavy atom. The lowest BCUT2D eigenvalue weighted by Crippen LogP contribution is -2.40. The van der Waals surface area contributed by atoms with E-state index in [1.807, 2.05) is 6.07 Å². The van der Waals surface area contributed by atoms with Crippen LogP contribution in [0.15, 0.2) is 40.9 Å². The van der Waals surface area contributed by atoms with E-state index in [-0.39, 0.29) is 11.5 Å². The maximum absolute atomic E-state index is 12.2. The van der Waals surface area contributed by atoms with Gasteiger partial charge in [-0.25, -0.2) is 4.79 Å². The van der Waals surface area contributed by atoms with Gasteiger partial charge in [-0.1, -0.05) is 22.0 Å². The molecule has 0 aromatic heterocycles. The molecule has 0 saturated carbocycles. The van der Waals surface area contributed by atoms with Crippen LogP contribution in [-0.4, -0.2) is 26.1 Å². The number of rotatable bonds is 5. The molecule has 0 fully saturated rings. The largest absolute Gasteiger partial charge is 0.493 e. The van der Waals surface area contributed by atoms with E-state index in [1.165, 1.54) is 14.2 Å². The first-order chi connectivity index (χ1) is 12.0. The topological polar surface area (TPSA) is 85.9 Å². The van der Waals surface area contributed by atoms with Crippen molar-refractivity contribution in [2.45, 2.75) is 6.23 Å². The summed E-state index contributed by atoms with van der Waals surface area (Å²) in [6, 6.07) is 10.3. The molecule has 1 aliphatic rings. The first-order valence-corrected chi connectivity index (χ1v) is 8.11. The van der Waals surface area contributed by atoms with Crippen LogP contribution >= 0.6 is 15.9 Å². The second-order valence-electron chi connectivity index (χ2n) is 5.16. The number of hydrogen-bond acceptors (Lipinski definition) is 6. The van der Waals surface area contributed by atoms with Crippen molar-refractivity contribution >= 4 is 27.8 Å². The van der Waals surface area contributed by atoms with Crippen LogP contribution in [0, 0.1) is 0 Å². The molecule has 130 valence electrons. The highest BCUT2D eigenvalue weighted by Gasteiger charge is 2.36. The fraction of sp³-hybridized carbons (Fsp3) is 0.176. The van der Waals surface area contributed by atoms with Crippen LogP contribution in [0.3, 0.4) is 0 Å². The normalized spacial score (nSPS) is 15.3. The van der Waals surface area contributed by atoms with E-state index in [0.717, 1.165) is 4.47 Å². The van der Waals surface area contributed by atoms with Crippen molar-refractivity contribution in [1.29, 1.82) is 0 Å². The van der Waals surface area contributed by atoms with Crippen molar-refractivity contribution in [3.05, 3.63) is 57.6 Å². The number of fused-ring (bicyclic) bond motifs is 1. The highest BCUT2D eigenvalue weighted by Crippen LogP contribution is 2.40. The quantitative estimate of drug-likeness (QED) is 0.586. The van der Waals surface area contributed by atoms with Gasteiger partial charge in [0, 0.05) is 15.6 Å². The van der Waals surface area contributed by atoms with Crippen molar-refractivity contribution in [1.82, 2.24) is 10.9 Å². The summed E-state index contributed by atoms with van der Waals surface area (Å²) in [7, 11) is 2.93. The van der Waals surface area contributed by atoms with E-state index in [4.69, 9.17) is 14.2 Å². The second-order valence-corrected chi connectivity index (χ2v) is 6.08. The molecule has 1 amide bonds. The van der Waals surface area contributed by atoms with Gasteiger partial charge in [-0.2, -0.15) is 5.43 Å². The van der Waals surface area contributed by atoms with Gasteiger partial charge in [-0.05, 0) is 30.3 Å². The lowest BCUT2D eigenvalue weighted by molar-refractivity contribution is 0.0260. The molecule has 1 heterocycles. The molecule has 2 aromatic carbocycles. The molecule has 25 heavy (non-hydrogen) atoms. The number of ether oxygens (including phenoxy) is 3. The summed E-state index contributed by atoms with van der Waals surface area (Å²) < 4.78 is 16.5. The van der Waals surface area contributed by atoms with Gasteiger partial charge in [-0.3, -0.25) is 10.2 Å². The lowest BCUT2D eigenvalue weighted by atomic mass is 10.1. The first kappa shape index (κ1) is 17.2. The highest BCUT2D eigenvalue weighted by molar-refractivity contribution is 9.10. The molecule has 0 saturated heterocycles. The molecule has 1 aliphatic heterocycles. The first-order valence-electron chi connectivity index (χ1n) is 7.32. The second kappa shape index (κ2) is 7.12. The summed E-state index contributed by atoms with van der Waals surface area (Å²) in [6.45, 7) is 0. The molecule has 0 bridgehead atoms. The summed E-state index contributed by atoms with van der Waals surface area (Å²) >= 11 is 3.31. The van der Waals surface area contributed by atoms with Crippen LogP contribution in [-0.2, 0) is 4.74 Å². The summed E-state index contributed by atoms with van der Waals surface area (Å²) in [5.74, 6) is -0.184. The van der Waals surface area contributed by atoms with Crippen molar-refractivity contribution in [3.63, 3.8) is 0 Å². The van der Waals surface area contributed by atoms with Gasteiger partial charge in [0.1, 0.15) is 5.56 Å². The zero-order chi connectivity index (χ0) is 18.0. The zero-order valence-corrected chi connectivity index (χ0v) is 15.0. The third kappa shape index (κ3) is 3.31. The number of hydrazine groups is 1. The fourth-order valence-electron chi connectivity index (χ4n) is 2.54. The molecule has 2 aromatic rings. The maximum atomic E-state index is 12.2. The van der Waals surface area contributed by atoms with Crippen molar-refractivity contribution in [2.75, 3.05) is 14.2 Å². The molecule has 2 N–H and O–H groups in total. The minimum Gasteiger partial charge on any atom is -0.493 e. The molecule has 8 heteroatoms. The van der Waals surface area contributed by atoms with Gasteiger partial charge in [-0.15, -0.1) is 0 Å². The predicted octanol–water partition coefficient (Wildman–Crippen LogP) is 2.57. The number of esters is 1. The fourth-order valence-corrected chi connectivity index (χ4v) is 2.94. The number of benzene rings is 2. The summed E-state index contributed by atoms with van der Waals surface area (Å²) in [5, 5.41) is 0. The number of carbonyl (C=O) groups is 2. The third-order valence-corrected chi connectivity index (χ3v) is 4.19. The maximum Gasteiger partial charge on any atom is 0.344 e. The Kier molecular flexibility index (Phi) is 4.91. The van der Waals surface area contributed by atoms with E-state index in [0.29, 0.717) is 22.6 Å². The van der Waals surface area contributed by atoms with E-state index in [2.05, 4.69) is 26.8 Å². The zero-order valence-electron chi connectivity index (χ0n) is 13.5. The van der Waals surface area contributed by atoms with Gasteiger partial charge in [0.2, 0.25) is 0 Å². The molecule has 0 unspecified atom stereocenters. The highest BCUT2D eigenvalue weighted by atomic mass is 79.9. The smallest absolute Gasteiger partial charge is 0.344 e. The SMILES string of the molecule is COc1ccc2c(c1OC)C(=O)O[C@H]2NNC(=O)c1cccc(Br)c1. The molecule has 0 radical (unpaired) electrons. The Bertz CT molecular complexity index is 840. The summed E-state index contributed by atoms with van der Waals surface area (Å²) in [4.78, 5) is 24.4. The van der Waals surface area contributed by atoms with E-state index < -0.39 is 12.2 Å². The number of cyclic esters (lactones) is 1. The van der Waals surface area contributed by atoms with Crippen LogP contribution < -0.4 is 20.3 Å². The monoisotopic (exact) mass is 406 g/mol. The van der Waals surface area contributed by atoms with Gasteiger partial charge in [0.15, 0.2) is 17.7 Å². The average Bonchev–Trinajstić information content (AvgIpc) is 2.94. The van der Waals surface area contributed by atoms with E-state index in [1.54, 1.807) is 30.3 Å². The molecule has 0 spiro atoms. The minimum atomic E-state index is -0.821. The Morgan fingerprint density at radius 1 is 1.20 bits per heavy atom. The molecule has 3 rings (SSSR count). The summed E-state index contributed by atoms with van der Waals surface area (Å²) in [6.07, 6.45) is -0.821. The Hall–Kier alpha value is -2.58. The molecule has 0 aliphatic carbocycles. The van der Waals surface area contributed by atoms with Crippen LogP contribution in [0.25, 0.3) is 0 Å². The van der Waals surface area contributed by atoms with E-state index >= 15 is 0 Å². The van der Waals surface area contributed by atoms with Gasteiger partial charge in [0.05, 0.1) is 14.2 Å². The van der Waals surface area contributed by atoms with E-state index in [9.17, 15) is 9.59 Å².